The first-order valence-electron chi connectivity index (χ1n) is 9.99. The van der Waals surface area contributed by atoms with Gasteiger partial charge in [0.05, 0.1) is 4.90 Å². The summed E-state index contributed by atoms with van der Waals surface area (Å²) in [4.78, 5) is 12.9. The van der Waals surface area contributed by atoms with Crippen molar-refractivity contribution in [2.75, 3.05) is 20.1 Å². The van der Waals surface area contributed by atoms with Gasteiger partial charge in [0.1, 0.15) is 0 Å². The maximum absolute atomic E-state index is 13.0. The molecule has 1 heterocycles. The van der Waals surface area contributed by atoms with Crippen LogP contribution in [0.3, 0.4) is 0 Å². The van der Waals surface area contributed by atoms with E-state index in [4.69, 9.17) is 0 Å². The summed E-state index contributed by atoms with van der Waals surface area (Å²) in [6, 6.07) is 6.53. The summed E-state index contributed by atoms with van der Waals surface area (Å²) in [5, 5.41) is 6.34. The molecule has 2 aliphatic rings. The second-order valence-corrected chi connectivity index (χ2v) is 9.89. The van der Waals surface area contributed by atoms with E-state index in [9.17, 15) is 13.2 Å². The van der Waals surface area contributed by atoms with E-state index in [0.717, 1.165) is 45.2 Å². The van der Waals surface area contributed by atoms with E-state index in [-0.39, 0.29) is 35.3 Å². The van der Waals surface area contributed by atoms with Crippen LogP contribution in [0.4, 0.5) is 0 Å². The highest BCUT2D eigenvalue weighted by molar-refractivity contribution is 7.89. The molecule has 6 nitrogen and oxygen atoms in total. The number of piperidine rings is 1. The van der Waals surface area contributed by atoms with E-state index >= 15 is 0 Å². The van der Waals surface area contributed by atoms with Crippen LogP contribution < -0.4 is 10.6 Å². The lowest BCUT2D eigenvalue weighted by molar-refractivity contribution is 0.0915. The van der Waals surface area contributed by atoms with E-state index in [1.807, 2.05) is 0 Å². The van der Waals surface area contributed by atoms with Gasteiger partial charge in [0, 0.05) is 31.2 Å². The van der Waals surface area contributed by atoms with Gasteiger partial charge in [-0.2, -0.15) is 4.31 Å². The maximum atomic E-state index is 13.0. The van der Waals surface area contributed by atoms with Crippen LogP contribution in [0.1, 0.15) is 55.8 Å². The molecule has 0 aromatic heterocycles. The van der Waals surface area contributed by atoms with E-state index in [0.29, 0.717) is 11.5 Å². The first-order valence-corrected chi connectivity index (χ1v) is 11.4. The Hall–Kier alpha value is -1.15. The predicted molar refractivity (Wildman–Crippen MR) is 113 cm³/mol. The van der Waals surface area contributed by atoms with Crippen molar-refractivity contribution >= 4 is 28.3 Å². The standard InChI is InChI=1S/C20H31N3O3S.ClH/c1-15-11-12-21-14-19(15)22-20(24)16-7-6-10-18(13-16)27(25,26)23(2)17-8-4-3-5-9-17;/h6-7,10,13,15,17,19,21H,3-5,8-9,11-12,14H2,1-2H3,(H,22,24);1H. The SMILES string of the molecule is CC1CCNCC1NC(=O)c1cccc(S(=O)(=O)N(C)C2CCCCC2)c1.Cl. The molecule has 0 radical (unpaired) electrons. The summed E-state index contributed by atoms with van der Waals surface area (Å²) in [6.07, 6.45) is 6.14. The van der Waals surface area contributed by atoms with Gasteiger partial charge in [0.15, 0.2) is 0 Å². The average molecular weight is 430 g/mol. The number of hydrogen-bond donors (Lipinski definition) is 2. The predicted octanol–water partition coefficient (Wildman–Crippen LogP) is 2.79. The Morgan fingerprint density at radius 2 is 1.89 bits per heavy atom. The van der Waals surface area contributed by atoms with Gasteiger partial charge in [-0.1, -0.05) is 32.3 Å². The molecule has 0 bridgehead atoms. The van der Waals surface area contributed by atoms with Crippen LogP contribution in [0.15, 0.2) is 29.2 Å². The Balaban J connectivity index is 0.00000280. The number of hydrogen-bond acceptors (Lipinski definition) is 4. The Morgan fingerprint density at radius 1 is 1.18 bits per heavy atom. The fourth-order valence-corrected chi connectivity index (χ4v) is 5.50. The quantitative estimate of drug-likeness (QED) is 0.754. The van der Waals surface area contributed by atoms with Gasteiger partial charge < -0.3 is 10.6 Å². The lowest BCUT2D eigenvalue weighted by Gasteiger charge is -2.31. The Kier molecular flexibility index (Phi) is 8.30. The van der Waals surface area contributed by atoms with Crippen molar-refractivity contribution in [1.82, 2.24) is 14.9 Å². The molecule has 0 spiro atoms. The van der Waals surface area contributed by atoms with Gasteiger partial charge in [0.25, 0.3) is 5.91 Å². The molecule has 2 N–H and O–H groups in total. The van der Waals surface area contributed by atoms with Crippen molar-refractivity contribution in [2.45, 2.75) is 62.4 Å². The third kappa shape index (κ3) is 5.26. The molecule has 1 saturated carbocycles. The van der Waals surface area contributed by atoms with Crippen LogP contribution in [-0.2, 0) is 10.0 Å². The summed E-state index contributed by atoms with van der Waals surface area (Å²) >= 11 is 0. The van der Waals surface area contributed by atoms with E-state index in [2.05, 4.69) is 17.6 Å². The second-order valence-electron chi connectivity index (χ2n) is 7.89. The van der Waals surface area contributed by atoms with Crippen LogP contribution in [0.5, 0.6) is 0 Å². The molecule has 1 aliphatic carbocycles. The molecular weight excluding hydrogens is 398 g/mol. The van der Waals surface area contributed by atoms with Gasteiger partial charge in [-0.25, -0.2) is 8.42 Å². The molecule has 8 heteroatoms. The minimum absolute atomic E-state index is 0. The number of benzene rings is 1. The van der Waals surface area contributed by atoms with Crippen LogP contribution in [0.25, 0.3) is 0 Å². The number of nitrogens with zero attached hydrogens (tertiary/aromatic N) is 1. The third-order valence-corrected chi connectivity index (χ3v) is 7.91. The molecule has 28 heavy (non-hydrogen) atoms. The molecule has 2 atom stereocenters. The van der Waals surface area contributed by atoms with Crippen molar-refractivity contribution in [2.24, 2.45) is 5.92 Å². The van der Waals surface area contributed by atoms with E-state index < -0.39 is 10.0 Å². The Morgan fingerprint density at radius 3 is 2.57 bits per heavy atom. The third-order valence-electron chi connectivity index (χ3n) is 6.01. The highest BCUT2D eigenvalue weighted by atomic mass is 35.5. The van der Waals surface area contributed by atoms with Crippen molar-refractivity contribution in [1.29, 1.82) is 0 Å². The topological polar surface area (TPSA) is 78.5 Å². The zero-order valence-electron chi connectivity index (χ0n) is 16.7. The van der Waals surface area contributed by atoms with Crippen LogP contribution in [0.2, 0.25) is 0 Å². The van der Waals surface area contributed by atoms with Gasteiger partial charge in [0.2, 0.25) is 10.0 Å². The number of rotatable bonds is 5. The molecule has 1 aliphatic heterocycles. The lowest BCUT2D eigenvalue weighted by atomic mass is 9.94. The highest BCUT2D eigenvalue weighted by Gasteiger charge is 2.30. The smallest absolute Gasteiger partial charge is 0.251 e. The summed E-state index contributed by atoms with van der Waals surface area (Å²) in [5.74, 6) is 0.187. The van der Waals surface area contributed by atoms with E-state index in [1.54, 1.807) is 25.2 Å². The number of carbonyl (C=O) groups is 1. The maximum Gasteiger partial charge on any atom is 0.251 e. The molecule has 2 unspecified atom stereocenters. The molecule has 1 aromatic rings. The van der Waals surface area contributed by atoms with Gasteiger partial charge in [-0.05, 0) is 49.9 Å². The second kappa shape index (κ2) is 10.1. The zero-order valence-corrected chi connectivity index (χ0v) is 18.3. The molecule has 3 rings (SSSR count). The molecule has 1 aromatic carbocycles. The number of sulfonamides is 1. The minimum Gasteiger partial charge on any atom is -0.348 e. The van der Waals surface area contributed by atoms with E-state index in [1.165, 1.54) is 16.8 Å². The number of amides is 1. The summed E-state index contributed by atoms with van der Waals surface area (Å²) in [5.41, 5.74) is 0.394. The largest absolute Gasteiger partial charge is 0.348 e. The first-order chi connectivity index (χ1) is 12.9. The number of carbonyl (C=O) groups excluding carboxylic acids is 1. The molecule has 158 valence electrons. The van der Waals surface area contributed by atoms with Crippen LogP contribution in [0, 0.1) is 5.92 Å². The molecular formula is C20H32ClN3O3S. The zero-order chi connectivity index (χ0) is 19.4. The summed E-state index contributed by atoms with van der Waals surface area (Å²) in [7, 11) is -1.94. The normalized spacial score (nSPS) is 23.8. The number of nitrogens with one attached hydrogen (secondary N) is 2. The fourth-order valence-electron chi connectivity index (χ4n) is 4.04. The molecule has 2 fully saturated rings. The minimum atomic E-state index is -3.60. The van der Waals surface area contributed by atoms with Gasteiger partial charge >= 0.3 is 0 Å². The number of halogens is 1. The fraction of sp³-hybridized carbons (Fsp3) is 0.650. The van der Waals surface area contributed by atoms with Gasteiger partial charge in [-0.15, -0.1) is 12.4 Å². The van der Waals surface area contributed by atoms with Gasteiger partial charge in [-0.3, -0.25) is 4.79 Å². The Bertz CT molecular complexity index is 766. The van der Waals surface area contributed by atoms with Crippen molar-refractivity contribution < 1.29 is 13.2 Å². The van der Waals surface area contributed by atoms with Crippen molar-refractivity contribution in [3.05, 3.63) is 29.8 Å². The Labute approximate surface area is 174 Å². The monoisotopic (exact) mass is 429 g/mol. The highest BCUT2D eigenvalue weighted by Crippen LogP contribution is 2.26. The summed E-state index contributed by atoms with van der Waals surface area (Å²) in [6.45, 7) is 3.84. The molecule has 1 saturated heterocycles. The first kappa shape index (κ1) is 23.1. The van der Waals surface area contributed by atoms with Crippen LogP contribution in [-0.4, -0.2) is 50.9 Å². The molecule has 1 amide bonds. The van der Waals surface area contributed by atoms with Crippen molar-refractivity contribution in [3.63, 3.8) is 0 Å². The summed E-state index contributed by atoms with van der Waals surface area (Å²) < 4.78 is 27.6. The average Bonchev–Trinajstić information content (AvgIpc) is 2.70. The van der Waals surface area contributed by atoms with Crippen LogP contribution >= 0.6 is 12.4 Å². The lowest BCUT2D eigenvalue weighted by Crippen LogP contribution is -2.50. The van der Waals surface area contributed by atoms with Crippen molar-refractivity contribution in [3.8, 4) is 0 Å².